The Balaban J connectivity index is 0.000000192. The lowest BCUT2D eigenvalue weighted by Gasteiger charge is -2.42. The third-order valence-corrected chi connectivity index (χ3v) is 8.84. The Morgan fingerprint density at radius 2 is 1.37 bits per heavy atom. The fourth-order valence-electron chi connectivity index (χ4n) is 6.35. The minimum absolute atomic E-state index is 0. The van der Waals surface area contributed by atoms with Gasteiger partial charge in [0.1, 0.15) is 17.9 Å². The number of hydrogen-bond acceptors (Lipinski definition) is 5. The van der Waals surface area contributed by atoms with Gasteiger partial charge in [-0.2, -0.15) is 10.5 Å². The molecule has 0 radical (unpaired) electrons. The average Bonchev–Trinajstić information content (AvgIpc) is 3.52. The van der Waals surface area contributed by atoms with Crippen molar-refractivity contribution in [2.75, 3.05) is 6.61 Å². The van der Waals surface area contributed by atoms with Gasteiger partial charge >= 0.3 is 0 Å². The van der Waals surface area contributed by atoms with E-state index in [2.05, 4.69) is 41.5 Å². The van der Waals surface area contributed by atoms with E-state index in [1.165, 1.54) is 31.7 Å². The molecule has 1 saturated carbocycles. The molecular weight excluding hydrogens is 535 g/mol. The highest BCUT2D eigenvalue weighted by Crippen LogP contribution is 2.35. The fourth-order valence-corrected chi connectivity index (χ4v) is 6.35. The van der Waals surface area contributed by atoms with Crippen LogP contribution in [0.25, 0.3) is 11.1 Å². The molecule has 3 aromatic carbocycles. The van der Waals surface area contributed by atoms with Gasteiger partial charge in [-0.1, -0.05) is 93.6 Å². The number of nitrogens with one attached hydrogen (secondary N) is 2. The van der Waals surface area contributed by atoms with Crippen LogP contribution in [0.1, 0.15) is 75.0 Å². The Bertz CT molecular complexity index is 1490. The minimum Gasteiger partial charge on any atom is -0.395 e. The molecule has 0 aromatic heterocycles. The van der Waals surface area contributed by atoms with Gasteiger partial charge in [0.05, 0.1) is 18.7 Å². The molecule has 1 aliphatic carbocycles. The number of nitrogens with zero attached hydrogens (tertiary/aromatic N) is 2. The van der Waals surface area contributed by atoms with Gasteiger partial charge in [0, 0.05) is 41.0 Å². The molecule has 3 aliphatic rings. The van der Waals surface area contributed by atoms with Gasteiger partial charge in [0.2, 0.25) is 0 Å². The van der Waals surface area contributed by atoms with E-state index >= 15 is 0 Å². The van der Waals surface area contributed by atoms with Crippen molar-refractivity contribution in [3.05, 3.63) is 95.3 Å². The molecule has 3 fully saturated rings. The Morgan fingerprint density at radius 3 is 1.93 bits per heavy atom. The smallest absolute Gasteiger partial charge is 0.131 e. The summed E-state index contributed by atoms with van der Waals surface area (Å²) in [5, 5.41) is 33.8. The van der Waals surface area contributed by atoms with Gasteiger partial charge in [-0.25, -0.2) is 4.39 Å². The summed E-state index contributed by atoms with van der Waals surface area (Å²) in [4.78, 5) is 0. The highest BCUT2D eigenvalue weighted by Gasteiger charge is 2.41. The van der Waals surface area contributed by atoms with Crippen molar-refractivity contribution in [3.8, 4) is 35.1 Å². The summed E-state index contributed by atoms with van der Waals surface area (Å²) >= 11 is 0. The predicted octanol–water partition coefficient (Wildman–Crippen LogP) is 6.65. The summed E-state index contributed by atoms with van der Waals surface area (Å²) in [7, 11) is 0. The maximum absolute atomic E-state index is 13.8. The van der Waals surface area contributed by atoms with Crippen molar-refractivity contribution in [1.82, 2.24) is 10.6 Å². The van der Waals surface area contributed by atoms with Crippen LogP contribution in [-0.2, 0) is 0 Å². The van der Waals surface area contributed by atoms with E-state index < -0.39 is 0 Å². The molecule has 2 heterocycles. The molecule has 0 bridgehead atoms. The van der Waals surface area contributed by atoms with Crippen molar-refractivity contribution < 1.29 is 9.50 Å². The molecule has 6 rings (SSSR count). The number of rotatable bonds is 5. The van der Waals surface area contributed by atoms with Gasteiger partial charge in [0.25, 0.3) is 0 Å². The molecule has 2 saturated heterocycles. The molecule has 43 heavy (non-hydrogen) atoms. The third-order valence-electron chi connectivity index (χ3n) is 8.84. The molecule has 3 N–H and O–H groups in total. The number of nitriles is 2. The lowest BCUT2D eigenvalue weighted by molar-refractivity contribution is 0.151. The summed E-state index contributed by atoms with van der Waals surface area (Å²) in [5.41, 5.74) is 4.76. The molecule has 6 heteroatoms. The second kappa shape index (κ2) is 15.0. The highest BCUT2D eigenvalue weighted by atomic mass is 19.1. The first-order valence-corrected chi connectivity index (χ1v) is 14.9. The molecular formula is C37H41FN4O. The van der Waals surface area contributed by atoms with E-state index in [9.17, 15) is 9.50 Å². The van der Waals surface area contributed by atoms with E-state index in [1.807, 2.05) is 54.6 Å². The summed E-state index contributed by atoms with van der Waals surface area (Å²) in [6.07, 6.45) is 6.09. The number of benzene rings is 3. The zero-order chi connectivity index (χ0) is 29.5. The molecule has 0 amide bonds. The molecule has 3 aromatic rings. The van der Waals surface area contributed by atoms with Crippen molar-refractivity contribution >= 4 is 0 Å². The minimum atomic E-state index is -0.211. The third kappa shape index (κ3) is 7.15. The largest absolute Gasteiger partial charge is 0.395 e. The molecule has 0 unspecified atom stereocenters. The van der Waals surface area contributed by atoms with Crippen LogP contribution in [0.4, 0.5) is 4.39 Å². The Hall–Kier alpha value is -3.99. The first-order chi connectivity index (χ1) is 20.6. The monoisotopic (exact) mass is 576 g/mol. The van der Waals surface area contributed by atoms with Crippen molar-refractivity contribution in [3.63, 3.8) is 0 Å². The quantitative estimate of drug-likeness (QED) is 0.296. The zero-order valence-electron chi connectivity index (χ0n) is 23.9. The van der Waals surface area contributed by atoms with Crippen LogP contribution < -0.4 is 10.6 Å². The lowest BCUT2D eigenvalue weighted by Crippen LogP contribution is -2.60. The summed E-state index contributed by atoms with van der Waals surface area (Å²) in [5.74, 6) is 7.29. The summed E-state index contributed by atoms with van der Waals surface area (Å²) in [6, 6.07) is 27.4. The topological polar surface area (TPSA) is 91.9 Å². The van der Waals surface area contributed by atoms with Crippen molar-refractivity contribution in [2.24, 2.45) is 5.92 Å². The van der Waals surface area contributed by atoms with Crippen LogP contribution in [-0.4, -0.2) is 35.9 Å². The van der Waals surface area contributed by atoms with Crippen LogP contribution in [0.15, 0.2) is 72.8 Å². The van der Waals surface area contributed by atoms with Crippen LogP contribution in [0.3, 0.4) is 0 Å². The molecule has 222 valence electrons. The zero-order valence-corrected chi connectivity index (χ0v) is 23.9. The predicted molar refractivity (Wildman–Crippen MR) is 169 cm³/mol. The first kappa shape index (κ1) is 31.9. The first-order valence-electron chi connectivity index (χ1n) is 14.9. The Labute approximate surface area is 255 Å². The van der Waals surface area contributed by atoms with E-state index in [1.54, 1.807) is 12.1 Å². The van der Waals surface area contributed by atoms with E-state index in [0.717, 1.165) is 28.7 Å². The van der Waals surface area contributed by atoms with Gasteiger partial charge in [0.15, 0.2) is 0 Å². The van der Waals surface area contributed by atoms with Crippen LogP contribution >= 0.6 is 0 Å². The summed E-state index contributed by atoms with van der Waals surface area (Å²) in [6.45, 7) is 2.18. The van der Waals surface area contributed by atoms with Crippen LogP contribution in [0.5, 0.6) is 0 Å². The van der Waals surface area contributed by atoms with Crippen LogP contribution in [0, 0.1) is 46.2 Å². The standard InChI is InChI=1S/C18H17FN2.C18H20N2O.CH4/c1-2-16-18(17(11-20)21-16)13-9-7-12(8-10-13)14-5-3-4-6-15(14)19;19-11-16-18(17(12-21)20-16)15-9-7-14(8-10-15)6-5-13-3-1-2-4-13;/h3-10,16-18,21H,2H2,1H3;7-10,13,16-18,20-21H,1-4,12H2;1H4/t2*16-,17+,18-;/m10./s1. The van der Waals surface area contributed by atoms with E-state index in [-0.39, 0.29) is 49.8 Å². The van der Waals surface area contributed by atoms with E-state index in [4.69, 9.17) is 10.5 Å². The molecule has 2 aliphatic heterocycles. The molecule has 5 nitrogen and oxygen atoms in total. The normalized spacial score (nSPS) is 25.6. The maximum atomic E-state index is 13.8. The number of aliphatic hydroxyl groups is 1. The second-order valence-corrected chi connectivity index (χ2v) is 11.4. The fraction of sp³-hybridized carbons (Fsp3) is 0.405. The second-order valence-electron chi connectivity index (χ2n) is 11.4. The van der Waals surface area contributed by atoms with Gasteiger partial charge in [-0.3, -0.25) is 10.6 Å². The summed E-state index contributed by atoms with van der Waals surface area (Å²) < 4.78 is 13.8. The van der Waals surface area contributed by atoms with Crippen molar-refractivity contribution in [2.45, 2.75) is 82.5 Å². The Kier molecular flexibility index (Phi) is 11.1. The SMILES string of the molecule is C.CC[C@H]1N[C@@H](C#N)[C@@H]1c1ccc(-c2ccccc2F)cc1.N#C[C@@H]1N[C@H](CO)[C@H]1c1ccc(C#CC2CCCC2)cc1. The highest BCUT2D eigenvalue weighted by molar-refractivity contribution is 5.64. The van der Waals surface area contributed by atoms with Crippen LogP contribution in [0.2, 0.25) is 0 Å². The van der Waals surface area contributed by atoms with Crippen molar-refractivity contribution in [1.29, 1.82) is 10.5 Å². The number of aliphatic hydroxyl groups excluding tert-OH is 1. The number of halogens is 1. The molecule has 6 atom stereocenters. The van der Waals surface area contributed by atoms with E-state index in [0.29, 0.717) is 17.5 Å². The number of hydrogen-bond donors (Lipinski definition) is 3. The van der Waals surface area contributed by atoms with Gasteiger partial charge in [-0.05, 0) is 54.2 Å². The van der Waals surface area contributed by atoms with Gasteiger partial charge < -0.3 is 5.11 Å². The molecule has 0 spiro atoms. The lowest BCUT2D eigenvalue weighted by atomic mass is 9.76. The maximum Gasteiger partial charge on any atom is 0.131 e. The average molecular weight is 577 g/mol. The van der Waals surface area contributed by atoms with Gasteiger partial charge in [-0.15, -0.1) is 0 Å². The Morgan fingerprint density at radius 1 is 0.814 bits per heavy atom.